The van der Waals surface area contributed by atoms with E-state index in [2.05, 4.69) is 15.4 Å². The van der Waals surface area contributed by atoms with E-state index >= 15 is 0 Å². The molecule has 0 saturated carbocycles. The second-order valence-electron chi connectivity index (χ2n) is 7.31. The van der Waals surface area contributed by atoms with Gasteiger partial charge in [-0.15, -0.1) is 0 Å². The van der Waals surface area contributed by atoms with Crippen LogP contribution in [0.2, 0.25) is 0 Å². The Labute approximate surface area is 185 Å². The Bertz CT molecular complexity index is 1390. The van der Waals surface area contributed by atoms with Gasteiger partial charge in [0.1, 0.15) is 11.3 Å². The minimum atomic E-state index is -4.78. The number of aryl methyl sites for hydroxylation is 1. The average molecular weight is 456 g/mol. The quantitative estimate of drug-likeness (QED) is 0.466. The largest absolute Gasteiger partial charge is 0.433 e. The topological polar surface area (TPSA) is 88.5 Å². The van der Waals surface area contributed by atoms with E-state index < -0.39 is 23.3 Å². The van der Waals surface area contributed by atoms with Crippen molar-refractivity contribution >= 4 is 17.2 Å². The van der Waals surface area contributed by atoms with Crippen LogP contribution in [0.25, 0.3) is 16.8 Å². The molecule has 2 aromatic heterocycles. The van der Waals surface area contributed by atoms with Gasteiger partial charge in [0.05, 0.1) is 17.9 Å². The number of ether oxygens (including phenoxy) is 1. The van der Waals surface area contributed by atoms with Crippen molar-refractivity contribution in [3.63, 3.8) is 0 Å². The van der Waals surface area contributed by atoms with E-state index in [1.54, 1.807) is 42.5 Å². The number of nitrogens with one attached hydrogen (secondary N) is 2. The number of hydrogen-bond donors (Lipinski definition) is 2. The number of halogens is 3. The van der Waals surface area contributed by atoms with Gasteiger partial charge in [-0.25, -0.2) is 4.98 Å². The summed E-state index contributed by atoms with van der Waals surface area (Å²) in [4.78, 5) is 30.3. The summed E-state index contributed by atoms with van der Waals surface area (Å²) in [6, 6.07) is 14.7. The predicted molar refractivity (Wildman–Crippen MR) is 116 cm³/mol. The van der Waals surface area contributed by atoms with E-state index in [1.165, 1.54) is 26.2 Å². The number of para-hydroxylation sites is 1. The normalized spacial score (nSPS) is 11.7. The van der Waals surface area contributed by atoms with Crippen molar-refractivity contribution in [1.29, 1.82) is 0 Å². The number of carbonyl (C=O) groups excluding carboxylic acids is 1. The summed E-state index contributed by atoms with van der Waals surface area (Å²) in [6.45, 7) is 1.63. The second-order valence-corrected chi connectivity index (χ2v) is 7.31. The fourth-order valence-corrected chi connectivity index (χ4v) is 3.63. The summed E-state index contributed by atoms with van der Waals surface area (Å²) >= 11 is 0. The van der Waals surface area contributed by atoms with E-state index in [-0.39, 0.29) is 34.6 Å². The number of aromatic nitrogens is 3. The van der Waals surface area contributed by atoms with Gasteiger partial charge in [-0.3, -0.25) is 14.7 Å². The molecule has 4 aromatic rings. The molecule has 2 heterocycles. The van der Waals surface area contributed by atoms with Crippen LogP contribution in [-0.2, 0) is 17.5 Å². The molecule has 4 rings (SSSR count). The molecule has 0 atom stereocenters. The molecular formula is C23H19F3N4O3. The number of methoxy groups -OCH3 is 1. The van der Waals surface area contributed by atoms with Crippen molar-refractivity contribution in [3.05, 3.63) is 87.5 Å². The van der Waals surface area contributed by atoms with Gasteiger partial charge in [0, 0.05) is 18.4 Å². The zero-order valence-electron chi connectivity index (χ0n) is 17.7. The minimum absolute atomic E-state index is 0.00614. The number of hydrogen-bond acceptors (Lipinski definition) is 4. The molecule has 0 aliphatic rings. The number of H-pyrrole nitrogens is 1. The zero-order valence-corrected chi connectivity index (χ0v) is 17.7. The van der Waals surface area contributed by atoms with Crippen LogP contribution in [0.4, 0.5) is 18.9 Å². The van der Waals surface area contributed by atoms with E-state index in [4.69, 9.17) is 4.74 Å². The minimum Gasteiger partial charge on any atom is -0.380 e. The number of nitrogens with zero attached hydrogens (tertiary/aromatic N) is 2. The Hall–Kier alpha value is -3.92. The third-order valence-electron chi connectivity index (χ3n) is 5.10. The Morgan fingerprint density at radius 1 is 1.12 bits per heavy atom. The lowest BCUT2D eigenvalue weighted by Gasteiger charge is -2.11. The zero-order chi connectivity index (χ0) is 23.8. The molecule has 0 bridgehead atoms. The smallest absolute Gasteiger partial charge is 0.380 e. The maximum atomic E-state index is 13.8. The van der Waals surface area contributed by atoms with Crippen LogP contribution in [0.3, 0.4) is 0 Å². The van der Waals surface area contributed by atoms with Crippen LogP contribution >= 0.6 is 0 Å². The molecule has 33 heavy (non-hydrogen) atoms. The SMILES string of the molecule is COCc1ccccc1NC(=O)c1c(C)nc2c(-c3ccccc3)c(C(F)(F)F)[nH]n2c1=O. The van der Waals surface area contributed by atoms with Gasteiger partial charge in [-0.1, -0.05) is 48.5 Å². The van der Waals surface area contributed by atoms with Gasteiger partial charge in [-0.05, 0) is 18.6 Å². The molecule has 0 radical (unpaired) electrons. The lowest BCUT2D eigenvalue weighted by Crippen LogP contribution is -2.29. The summed E-state index contributed by atoms with van der Waals surface area (Å²) in [5.74, 6) is -0.785. The summed E-state index contributed by atoms with van der Waals surface area (Å²) in [5, 5.41) is 4.74. The summed E-state index contributed by atoms with van der Waals surface area (Å²) in [7, 11) is 1.50. The van der Waals surface area contributed by atoms with Crippen LogP contribution in [0.5, 0.6) is 0 Å². The molecule has 1 amide bonds. The Balaban J connectivity index is 1.88. The third-order valence-corrected chi connectivity index (χ3v) is 5.10. The van der Waals surface area contributed by atoms with Gasteiger partial charge in [-0.2, -0.15) is 17.7 Å². The van der Waals surface area contributed by atoms with Crippen molar-refractivity contribution in [3.8, 4) is 11.1 Å². The van der Waals surface area contributed by atoms with Crippen molar-refractivity contribution in [1.82, 2.24) is 14.6 Å². The Morgan fingerprint density at radius 3 is 2.45 bits per heavy atom. The van der Waals surface area contributed by atoms with Gasteiger partial charge in [0.25, 0.3) is 11.5 Å². The molecule has 170 valence electrons. The number of anilines is 1. The number of fused-ring (bicyclic) bond motifs is 1. The lowest BCUT2D eigenvalue weighted by molar-refractivity contribution is -0.140. The molecule has 2 N–H and O–H groups in total. The highest BCUT2D eigenvalue weighted by molar-refractivity contribution is 6.05. The lowest BCUT2D eigenvalue weighted by atomic mass is 10.1. The van der Waals surface area contributed by atoms with E-state index in [1.807, 2.05) is 0 Å². The fraction of sp³-hybridized carbons (Fsp3) is 0.174. The molecule has 7 nitrogen and oxygen atoms in total. The number of rotatable bonds is 5. The highest BCUT2D eigenvalue weighted by Gasteiger charge is 2.38. The average Bonchev–Trinajstić information content (AvgIpc) is 3.16. The number of aromatic amines is 1. The van der Waals surface area contributed by atoms with Gasteiger partial charge < -0.3 is 10.1 Å². The highest BCUT2D eigenvalue weighted by Crippen LogP contribution is 2.38. The first-order chi connectivity index (χ1) is 15.7. The van der Waals surface area contributed by atoms with Crippen LogP contribution < -0.4 is 10.9 Å². The van der Waals surface area contributed by atoms with Crippen molar-refractivity contribution < 1.29 is 22.7 Å². The number of benzene rings is 2. The Kier molecular flexibility index (Phi) is 5.77. The Morgan fingerprint density at radius 2 is 1.79 bits per heavy atom. The number of amides is 1. The monoisotopic (exact) mass is 456 g/mol. The van der Waals surface area contributed by atoms with Gasteiger partial charge in [0.15, 0.2) is 5.65 Å². The molecule has 2 aromatic carbocycles. The number of carbonyl (C=O) groups is 1. The van der Waals surface area contributed by atoms with Crippen molar-refractivity contribution in [2.45, 2.75) is 19.7 Å². The standard InChI is InChI=1S/C23H19F3N4O3/c1-13-17(21(31)28-16-11-7-6-10-15(16)12-33-2)22(32)30-20(27-13)18(14-8-4-3-5-9-14)19(29-30)23(24,25)26/h3-11,29H,12H2,1-2H3,(H,28,31). The summed E-state index contributed by atoms with van der Waals surface area (Å²) in [5.41, 5.74) is -1.58. The number of alkyl halides is 3. The van der Waals surface area contributed by atoms with Crippen molar-refractivity contribution in [2.75, 3.05) is 12.4 Å². The van der Waals surface area contributed by atoms with Crippen molar-refractivity contribution in [2.24, 2.45) is 0 Å². The first-order valence-electron chi connectivity index (χ1n) is 9.88. The molecule has 0 aliphatic heterocycles. The molecule has 0 unspecified atom stereocenters. The highest BCUT2D eigenvalue weighted by atomic mass is 19.4. The first-order valence-corrected chi connectivity index (χ1v) is 9.88. The maximum absolute atomic E-state index is 13.8. The van der Waals surface area contributed by atoms with Gasteiger partial charge >= 0.3 is 6.18 Å². The molecule has 0 saturated heterocycles. The maximum Gasteiger partial charge on any atom is 0.433 e. The molecule has 0 aliphatic carbocycles. The fourth-order valence-electron chi connectivity index (χ4n) is 3.63. The molecule has 10 heteroatoms. The van der Waals surface area contributed by atoms with E-state index in [9.17, 15) is 22.8 Å². The van der Waals surface area contributed by atoms with E-state index in [0.717, 1.165) is 0 Å². The second kappa shape index (κ2) is 8.55. The summed E-state index contributed by atoms with van der Waals surface area (Å²) in [6.07, 6.45) is -4.78. The molecule has 0 spiro atoms. The third kappa shape index (κ3) is 4.12. The van der Waals surface area contributed by atoms with Crippen LogP contribution in [0, 0.1) is 6.92 Å². The van der Waals surface area contributed by atoms with Crippen LogP contribution in [0.1, 0.15) is 27.3 Å². The molecular weight excluding hydrogens is 437 g/mol. The van der Waals surface area contributed by atoms with Crippen LogP contribution in [0.15, 0.2) is 59.4 Å². The van der Waals surface area contributed by atoms with E-state index in [0.29, 0.717) is 15.8 Å². The summed E-state index contributed by atoms with van der Waals surface area (Å²) < 4.78 is 47.2. The predicted octanol–water partition coefficient (Wildman–Crippen LogP) is 4.42. The first kappa shape index (κ1) is 22.3. The van der Waals surface area contributed by atoms with Crippen LogP contribution in [-0.4, -0.2) is 27.6 Å². The molecule has 0 fully saturated rings. The van der Waals surface area contributed by atoms with Gasteiger partial charge in [0.2, 0.25) is 0 Å².